The van der Waals surface area contributed by atoms with E-state index >= 15 is 0 Å². The molecule has 3 heterocycles. The molecule has 2 aliphatic heterocycles. The van der Waals surface area contributed by atoms with Crippen LogP contribution in [0.3, 0.4) is 0 Å². The van der Waals surface area contributed by atoms with Gasteiger partial charge in [-0.1, -0.05) is 43.7 Å². The first-order chi connectivity index (χ1) is 16.1. The van der Waals surface area contributed by atoms with E-state index in [9.17, 15) is 9.59 Å². The third-order valence-electron chi connectivity index (χ3n) is 7.55. The molecule has 1 aromatic carbocycles. The molecule has 5 nitrogen and oxygen atoms in total. The standard InChI is InChI=1S/C28H39N3O2/c1-3-25-27(26(32)21-22(2)31(25)20-19-29-15-8-5-9-16-29)28(33)30-17-10-13-24(14-18-30)23-11-6-4-7-12-23/h4,6-7,11-12,21,24H,3,5,8-10,13-20H2,1-2H3/t24-/m1/s1. The van der Waals surface area contributed by atoms with Crippen molar-refractivity contribution >= 4 is 5.91 Å². The van der Waals surface area contributed by atoms with Gasteiger partial charge in [0.1, 0.15) is 5.56 Å². The molecule has 0 N–H and O–H groups in total. The van der Waals surface area contributed by atoms with Crippen molar-refractivity contribution in [2.24, 2.45) is 0 Å². The van der Waals surface area contributed by atoms with E-state index in [1.807, 2.05) is 11.8 Å². The number of likely N-dealkylation sites (tertiary alicyclic amines) is 2. The minimum absolute atomic E-state index is 0.0720. The Labute approximate surface area is 198 Å². The SMILES string of the molecule is CCc1c(C(=O)N2CCC[C@@H](c3ccccc3)CC2)c(=O)cc(C)n1CCN1CCCCC1. The maximum absolute atomic E-state index is 13.7. The molecule has 5 heteroatoms. The van der Waals surface area contributed by atoms with Crippen molar-refractivity contribution in [2.45, 2.75) is 71.3 Å². The maximum Gasteiger partial charge on any atom is 0.259 e. The van der Waals surface area contributed by atoms with Gasteiger partial charge >= 0.3 is 0 Å². The number of hydrogen-bond donors (Lipinski definition) is 0. The van der Waals surface area contributed by atoms with E-state index in [1.165, 1.54) is 24.8 Å². The van der Waals surface area contributed by atoms with Gasteiger partial charge in [-0.15, -0.1) is 0 Å². The Balaban J connectivity index is 1.53. The number of pyridine rings is 1. The van der Waals surface area contributed by atoms with Crippen molar-refractivity contribution in [3.05, 3.63) is 69.1 Å². The minimum atomic E-state index is -0.118. The molecule has 1 amide bonds. The van der Waals surface area contributed by atoms with Crippen LogP contribution in [0.15, 0.2) is 41.2 Å². The molecular weight excluding hydrogens is 410 g/mol. The van der Waals surface area contributed by atoms with Crippen LogP contribution in [0.25, 0.3) is 0 Å². The molecule has 178 valence electrons. The van der Waals surface area contributed by atoms with Crippen molar-refractivity contribution in [3.8, 4) is 0 Å². The van der Waals surface area contributed by atoms with Gasteiger partial charge in [0, 0.05) is 43.6 Å². The molecule has 2 aliphatic rings. The highest BCUT2D eigenvalue weighted by molar-refractivity contribution is 5.95. The van der Waals surface area contributed by atoms with Crippen molar-refractivity contribution in [2.75, 3.05) is 32.7 Å². The minimum Gasteiger partial charge on any atom is -0.347 e. The summed E-state index contributed by atoms with van der Waals surface area (Å²) in [4.78, 5) is 31.2. The molecule has 2 fully saturated rings. The summed E-state index contributed by atoms with van der Waals surface area (Å²) < 4.78 is 2.23. The summed E-state index contributed by atoms with van der Waals surface area (Å²) in [5.74, 6) is 0.408. The summed E-state index contributed by atoms with van der Waals surface area (Å²) in [6, 6.07) is 12.3. The number of amides is 1. The number of piperidine rings is 1. The fourth-order valence-electron chi connectivity index (χ4n) is 5.68. The average Bonchev–Trinajstić information content (AvgIpc) is 3.10. The third kappa shape index (κ3) is 5.57. The van der Waals surface area contributed by atoms with Gasteiger partial charge in [-0.2, -0.15) is 0 Å². The second kappa shape index (κ2) is 11.1. The second-order valence-corrected chi connectivity index (χ2v) is 9.71. The van der Waals surface area contributed by atoms with E-state index in [0.717, 1.165) is 63.4 Å². The molecule has 0 saturated carbocycles. The van der Waals surface area contributed by atoms with Crippen molar-refractivity contribution < 1.29 is 4.79 Å². The highest BCUT2D eigenvalue weighted by atomic mass is 16.2. The monoisotopic (exact) mass is 449 g/mol. The maximum atomic E-state index is 13.7. The average molecular weight is 450 g/mol. The van der Waals surface area contributed by atoms with Gasteiger partial charge < -0.3 is 14.4 Å². The van der Waals surface area contributed by atoms with Gasteiger partial charge in [-0.3, -0.25) is 9.59 Å². The van der Waals surface area contributed by atoms with Gasteiger partial charge in [0.2, 0.25) is 0 Å². The van der Waals surface area contributed by atoms with Crippen LogP contribution in [-0.2, 0) is 13.0 Å². The van der Waals surface area contributed by atoms with E-state index in [0.29, 0.717) is 24.4 Å². The predicted octanol–water partition coefficient (Wildman–Crippen LogP) is 4.61. The summed E-state index contributed by atoms with van der Waals surface area (Å²) in [6.07, 6.45) is 7.57. The first kappa shape index (κ1) is 23.7. The Morgan fingerprint density at radius 3 is 2.42 bits per heavy atom. The molecule has 0 spiro atoms. The lowest BCUT2D eigenvalue weighted by Crippen LogP contribution is -2.38. The summed E-state index contributed by atoms with van der Waals surface area (Å²) in [6.45, 7) is 9.64. The topological polar surface area (TPSA) is 45.6 Å². The van der Waals surface area contributed by atoms with Gasteiger partial charge in [0.15, 0.2) is 5.43 Å². The van der Waals surface area contributed by atoms with Crippen LogP contribution >= 0.6 is 0 Å². The van der Waals surface area contributed by atoms with Crippen LogP contribution in [0.5, 0.6) is 0 Å². The van der Waals surface area contributed by atoms with Gasteiger partial charge in [-0.05, 0) is 70.0 Å². The molecule has 0 bridgehead atoms. The summed E-state index contributed by atoms with van der Waals surface area (Å²) in [5, 5.41) is 0. The fourth-order valence-corrected chi connectivity index (χ4v) is 5.68. The zero-order chi connectivity index (χ0) is 23.2. The van der Waals surface area contributed by atoms with E-state index in [-0.39, 0.29) is 11.3 Å². The Kier molecular flexibility index (Phi) is 8.02. The smallest absolute Gasteiger partial charge is 0.259 e. The Morgan fingerprint density at radius 2 is 1.70 bits per heavy atom. The predicted molar refractivity (Wildman–Crippen MR) is 134 cm³/mol. The lowest BCUT2D eigenvalue weighted by atomic mass is 9.92. The van der Waals surface area contributed by atoms with Crippen molar-refractivity contribution in [1.29, 1.82) is 0 Å². The van der Waals surface area contributed by atoms with Crippen molar-refractivity contribution in [1.82, 2.24) is 14.4 Å². The molecule has 0 aliphatic carbocycles. The van der Waals surface area contributed by atoms with Crippen LogP contribution in [0, 0.1) is 6.92 Å². The molecule has 33 heavy (non-hydrogen) atoms. The van der Waals surface area contributed by atoms with Crippen LogP contribution in [-0.4, -0.2) is 53.0 Å². The van der Waals surface area contributed by atoms with E-state index in [2.05, 4.69) is 46.7 Å². The molecular formula is C28H39N3O2. The lowest BCUT2D eigenvalue weighted by molar-refractivity contribution is 0.0757. The molecule has 1 aromatic heterocycles. The normalized spacial score (nSPS) is 19.9. The molecule has 2 saturated heterocycles. The van der Waals surface area contributed by atoms with Crippen LogP contribution in [0.4, 0.5) is 0 Å². The van der Waals surface area contributed by atoms with E-state index in [4.69, 9.17) is 0 Å². The van der Waals surface area contributed by atoms with Crippen LogP contribution < -0.4 is 5.43 Å². The number of aryl methyl sites for hydroxylation is 1. The Hall–Kier alpha value is -2.40. The summed E-state index contributed by atoms with van der Waals surface area (Å²) >= 11 is 0. The van der Waals surface area contributed by atoms with Gasteiger partial charge in [0.25, 0.3) is 5.91 Å². The highest BCUT2D eigenvalue weighted by Crippen LogP contribution is 2.28. The number of carbonyl (C=O) groups is 1. The molecule has 2 aromatic rings. The number of nitrogens with zero attached hydrogens (tertiary/aromatic N) is 3. The Bertz CT molecular complexity index is 992. The van der Waals surface area contributed by atoms with E-state index in [1.54, 1.807) is 6.07 Å². The van der Waals surface area contributed by atoms with Crippen LogP contribution in [0.2, 0.25) is 0 Å². The lowest BCUT2D eigenvalue weighted by Gasteiger charge is -2.29. The molecule has 4 rings (SSSR count). The number of carbonyl (C=O) groups excluding carboxylic acids is 1. The van der Waals surface area contributed by atoms with Crippen LogP contribution in [0.1, 0.15) is 78.7 Å². The molecule has 0 unspecified atom stereocenters. The number of hydrogen-bond acceptors (Lipinski definition) is 3. The Morgan fingerprint density at radius 1 is 0.939 bits per heavy atom. The number of aromatic nitrogens is 1. The van der Waals surface area contributed by atoms with Gasteiger partial charge in [-0.25, -0.2) is 0 Å². The molecule has 0 radical (unpaired) electrons. The second-order valence-electron chi connectivity index (χ2n) is 9.71. The number of rotatable bonds is 6. The number of benzene rings is 1. The quantitative estimate of drug-likeness (QED) is 0.647. The summed E-state index contributed by atoms with van der Waals surface area (Å²) in [7, 11) is 0. The highest BCUT2D eigenvalue weighted by Gasteiger charge is 2.27. The van der Waals surface area contributed by atoms with Gasteiger partial charge in [0.05, 0.1) is 0 Å². The summed E-state index contributed by atoms with van der Waals surface area (Å²) in [5.41, 5.74) is 3.51. The zero-order valence-electron chi connectivity index (χ0n) is 20.4. The zero-order valence-corrected chi connectivity index (χ0v) is 20.4. The third-order valence-corrected chi connectivity index (χ3v) is 7.55. The van der Waals surface area contributed by atoms with E-state index < -0.39 is 0 Å². The molecule has 1 atom stereocenters. The largest absolute Gasteiger partial charge is 0.347 e. The first-order valence-electron chi connectivity index (χ1n) is 12.9. The van der Waals surface area contributed by atoms with Crippen molar-refractivity contribution in [3.63, 3.8) is 0 Å². The first-order valence-corrected chi connectivity index (χ1v) is 12.9. The fraction of sp³-hybridized carbons (Fsp3) is 0.571.